The first-order chi connectivity index (χ1) is 11.6. The zero-order valence-electron chi connectivity index (χ0n) is 12.8. The molecule has 1 aromatic carbocycles. The molecule has 0 saturated carbocycles. The highest BCUT2D eigenvalue weighted by atomic mass is 16.2. The molecule has 0 bridgehead atoms. The van der Waals surface area contributed by atoms with E-state index in [1.807, 2.05) is 0 Å². The minimum atomic E-state index is -0.760. The maximum absolute atomic E-state index is 12.2. The fourth-order valence-electron chi connectivity index (χ4n) is 2.45. The number of amides is 3. The smallest absolute Gasteiger partial charge is 0.254 e. The third-order valence-electron chi connectivity index (χ3n) is 3.66. The molecule has 122 valence electrons. The van der Waals surface area contributed by atoms with E-state index >= 15 is 0 Å². The van der Waals surface area contributed by atoms with Crippen molar-refractivity contribution in [3.63, 3.8) is 0 Å². The summed E-state index contributed by atoms with van der Waals surface area (Å²) in [6.45, 7) is 0. The maximum atomic E-state index is 12.2. The largest absolute Gasteiger partial charge is 0.340 e. The lowest BCUT2D eigenvalue weighted by Crippen LogP contribution is -2.41. The molecule has 1 aliphatic rings. The van der Waals surface area contributed by atoms with Gasteiger partial charge in [0.25, 0.3) is 5.91 Å². The van der Waals surface area contributed by atoms with Crippen molar-refractivity contribution in [1.29, 1.82) is 0 Å². The van der Waals surface area contributed by atoms with Crippen molar-refractivity contribution in [2.24, 2.45) is 0 Å². The van der Waals surface area contributed by atoms with Gasteiger partial charge >= 0.3 is 0 Å². The fraction of sp³-hybridized carbons (Fsp3) is 0.176. The molecule has 0 fully saturated rings. The van der Waals surface area contributed by atoms with Crippen LogP contribution in [0.15, 0.2) is 48.8 Å². The van der Waals surface area contributed by atoms with E-state index < -0.39 is 6.04 Å². The van der Waals surface area contributed by atoms with Crippen LogP contribution < -0.4 is 16.0 Å². The number of rotatable bonds is 4. The van der Waals surface area contributed by atoms with Crippen LogP contribution in [0.5, 0.6) is 0 Å². The highest BCUT2D eigenvalue weighted by Crippen LogP contribution is 2.19. The number of fused-ring (bicyclic) bond motifs is 1. The molecule has 7 heteroatoms. The number of nitrogens with one attached hydrogen (secondary N) is 3. The van der Waals surface area contributed by atoms with Crippen molar-refractivity contribution in [2.75, 3.05) is 10.6 Å². The highest BCUT2D eigenvalue weighted by molar-refractivity contribution is 6.09. The molecule has 3 amide bonds. The van der Waals surface area contributed by atoms with Gasteiger partial charge in [-0.25, -0.2) is 0 Å². The summed E-state index contributed by atoms with van der Waals surface area (Å²) in [5.74, 6) is -0.907. The quantitative estimate of drug-likeness (QED) is 0.794. The lowest BCUT2D eigenvalue weighted by atomic mass is 10.1. The van der Waals surface area contributed by atoms with E-state index in [1.165, 1.54) is 6.20 Å². The molecule has 24 heavy (non-hydrogen) atoms. The molecule has 0 saturated heterocycles. The number of aromatic nitrogens is 1. The second kappa shape index (κ2) is 6.91. The predicted octanol–water partition coefficient (Wildman–Crippen LogP) is 1.55. The first-order valence-electron chi connectivity index (χ1n) is 7.54. The van der Waals surface area contributed by atoms with E-state index in [4.69, 9.17) is 0 Å². The Morgan fingerprint density at radius 1 is 1.17 bits per heavy atom. The number of carbonyl (C=O) groups is 3. The van der Waals surface area contributed by atoms with Gasteiger partial charge in [0, 0.05) is 12.6 Å². The molecule has 0 aliphatic carbocycles. The Morgan fingerprint density at radius 2 is 2.00 bits per heavy atom. The minimum Gasteiger partial charge on any atom is -0.340 e. The van der Waals surface area contributed by atoms with Crippen molar-refractivity contribution >= 4 is 29.1 Å². The average molecular weight is 324 g/mol. The highest BCUT2D eigenvalue weighted by Gasteiger charge is 2.27. The number of hydrogen-bond acceptors (Lipinski definition) is 4. The molecule has 1 aromatic heterocycles. The second-order valence-corrected chi connectivity index (χ2v) is 5.39. The van der Waals surface area contributed by atoms with Crippen molar-refractivity contribution in [3.8, 4) is 0 Å². The van der Waals surface area contributed by atoms with Crippen molar-refractivity contribution in [1.82, 2.24) is 10.3 Å². The Balaban J connectivity index is 1.61. The van der Waals surface area contributed by atoms with E-state index in [0.717, 1.165) is 0 Å². The summed E-state index contributed by atoms with van der Waals surface area (Å²) < 4.78 is 0. The molecule has 1 atom stereocenters. The summed E-state index contributed by atoms with van der Waals surface area (Å²) in [5.41, 5.74) is 1.47. The lowest BCUT2D eigenvalue weighted by Gasteiger charge is -2.14. The Bertz CT molecular complexity index is 776. The van der Waals surface area contributed by atoms with Crippen molar-refractivity contribution < 1.29 is 14.4 Å². The molecule has 7 nitrogen and oxygen atoms in total. The molecule has 3 rings (SSSR count). The van der Waals surface area contributed by atoms with Crippen LogP contribution >= 0.6 is 0 Å². The molecule has 0 radical (unpaired) electrons. The molecule has 1 aliphatic heterocycles. The Morgan fingerprint density at radius 3 is 2.79 bits per heavy atom. The summed E-state index contributed by atoms with van der Waals surface area (Å²) in [6.07, 6.45) is 3.45. The normalized spacial score (nSPS) is 16.4. The van der Waals surface area contributed by atoms with Gasteiger partial charge < -0.3 is 16.0 Å². The number of benzene rings is 1. The molecule has 0 unspecified atom stereocenters. The van der Waals surface area contributed by atoms with E-state index in [-0.39, 0.29) is 30.6 Å². The van der Waals surface area contributed by atoms with E-state index in [2.05, 4.69) is 20.9 Å². The van der Waals surface area contributed by atoms with Gasteiger partial charge in [0.15, 0.2) is 0 Å². The maximum Gasteiger partial charge on any atom is 0.254 e. The Hall–Kier alpha value is -3.22. The van der Waals surface area contributed by atoms with Crippen LogP contribution in [-0.4, -0.2) is 28.7 Å². The van der Waals surface area contributed by atoms with Crippen molar-refractivity contribution in [3.05, 3.63) is 54.4 Å². The number of carbonyl (C=O) groups excluding carboxylic acids is 3. The number of anilines is 2. The van der Waals surface area contributed by atoms with Gasteiger partial charge in [-0.3, -0.25) is 19.4 Å². The summed E-state index contributed by atoms with van der Waals surface area (Å²) in [7, 11) is 0. The predicted molar refractivity (Wildman–Crippen MR) is 88.4 cm³/mol. The van der Waals surface area contributed by atoms with Crippen molar-refractivity contribution in [2.45, 2.75) is 18.9 Å². The van der Waals surface area contributed by atoms with Gasteiger partial charge in [-0.05, 0) is 30.7 Å². The van der Waals surface area contributed by atoms with E-state index in [9.17, 15) is 14.4 Å². The second-order valence-electron chi connectivity index (χ2n) is 5.39. The Labute approximate surface area is 138 Å². The van der Waals surface area contributed by atoms with Crippen LogP contribution in [0.25, 0.3) is 0 Å². The lowest BCUT2D eigenvalue weighted by molar-refractivity contribution is -0.118. The summed E-state index contributed by atoms with van der Waals surface area (Å²) in [6, 6.07) is 9.46. The number of para-hydroxylation sites is 1. The van der Waals surface area contributed by atoms with Gasteiger partial charge in [-0.2, -0.15) is 0 Å². The molecular weight excluding hydrogens is 308 g/mol. The first kappa shape index (κ1) is 15.7. The van der Waals surface area contributed by atoms with Gasteiger partial charge in [-0.1, -0.05) is 12.1 Å². The third-order valence-corrected chi connectivity index (χ3v) is 3.66. The molecular formula is C17H16N4O3. The SMILES string of the molecule is O=C(CC[C@@H]1NC(=O)c2ccccc2NC1=O)Nc1cccnc1. The third kappa shape index (κ3) is 3.57. The zero-order valence-corrected chi connectivity index (χ0v) is 12.8. The van der Waals surface area contributed by atoms with Crippen LogP contribution in [0.2, 0.25) is 0 Å². The summed E-state index contributed by atoms with van der Waals surface area (Å²) in [4.78, 5) is 40.3. The van der Waals surface area contributed by atoms with Gasteiger partial charge in [-0.15, -0.1) is 0 Å². The number of hydrogen-bond donors (Lipinski definition) is 3. The van der Waals surface area contributed by atoms with Crippen LogP contribution in [-0.2, 0) is 9.59 Å². The fourth-order valence-corrected chi connectivity index (χ4v) is 2.45. The molecule has 2 aromatic rings. The number of pyridine rings is 1. The topological polar surface area (TPSA) is 100 Å². The molecule has 3 N–H and O–H groups in total. The minimum absolute atomic E-state index is 0.101. The molecule has 2 heterocycles. The van der Waals surface area contributed by atoms with Crippen LogP contribution in [0.3, 0.4) is 0 Å². The van der Waals surface area contributed by atoms with Crippen LogP contribution in [0.4, 0.5) is 11.4 Å². The summed E-state index contributed by atoms with van der Waals surface area (Å²) in [5, 5.41) is 8.07. The monoisotopic (exact) mass is 324 g/mol. The van der Waals surface area contributed by atoms with Crippen LogP contribution in [0.1, 0.15) is 23.2 Å². The van der Waals surface area contributed by atoms with Gasteiger partial charge in [0.05, 0.1) is 23.1 Å². The van der Waals surface area contributed by atoms with Gasteiger partial charge in [0.2, 0.25) is 11.8 Å². The first-order valence-corrected chi connectivity index (χ1v) is 7.54. The Kier molecular flexibility index (Phi) is 4.51. The van der Waals surface area contributed by atoms with Gasteiger partial charge in [0.1, 0.15) is 6.04 Å². The van der Waals surface area contributed by atoms with Crippen LogP contribution in [0, 0.1) is 0 Å². The standard InChI is InChI=1S/C17H16N4O3/c22-15(19-11-4-3-9-18-10-11)8-7-14-17(24)20-13-6-2-1-5-12(13)16(23)21-14/h1-6,9-10,14H,7-8H2,(H,19,22)(H,20,24)(H,21,23)/t14-/m0/s1. The average Bonchev–Trinajstić information content (AvgIpc) is 2.71. The summed E-state index contributed by atoms with van der Waals surface area (Å²) >= 11 is 0. The zero-order chi connectivity index (χ0) is 16.9. The van der Waals surface area contributed by atoms with E-state index in [1.54, 1.807) is 42.6 Å². The van der Waals surface area contributed by atoms with E-state index in [0.29, 0.717) is 16.9 Å². The number of nitrogens with zero attached hydrogens (tertiary/aromatic N) is 1. The molecule has 0 spiro atoms.